The second-order valence-corrected chi connectivity index (χ2v) is 32.7. The van der Waals surface area contributed by atoms with E-state index >= 15 is 0 Å². The van der Waals surface area contributed by atoms with Gasteiger partial charge in [0.25, 0.3) is 13.4 Å². The summed E-state index contributed by atoms with van der Waals surface area (Å²) in [6, 6.07) is 130. The van der Waals surface area contributed by atoms with Gasteiger partial charge in [-0.05, 0) is 154 Å². The molecule has 0 spiro atoms. The van der Waals surface area contributed by atoms with Gasteiger partial charge in [0.15, 0.2) is 0 Å². The molecule has 502 valence electrons. The normalized spacial score (nSPS) is 13.2. The molecule has 4 aliphatic rings. The molecule has 0 N–H and O–H groups in total. The van der Waals surface area contributed by atoms with Crippen LogP contribution in [0.5, 0.6) is 11.5 Å². The van der Waals surface area contributed by atoms with Crippen molar-refractivity contribution in [3.05, 3.63) is 346 Å². The van der Waals surface area contributed by atoms with Gasteiger partial charge in [0.1, 0.15) is 11.5 Å². The van der Waals surface area contributed by atoms with Gasteiger partial charge in [-0.2, -0.15) is 0 Å². The van der Waals surface area contributed by atoms with Gasteiger partial charge in [-0.15, -0.1) is 45.3 Å². The molecule has 0 amide bonds. The quantitative estimate of drug-likeness (QED) is 0.134. The maximum atomic E-state index is 7.60. The lowest BCUT2D eigenvalue weighted by Crippen LogP contribution is -2.64. The van der Waals surface area contributed by atoms with E-state index in [-0.39, 0.29) is 13.4 Å². The summed E-state index contributed by atoms with van der Waals surface area (Å²) in [7, 11) is 0. The van der Waals surface area contributed by atoms with Crippen LogP contribution in [0.3, 0.4) is 0 Å². The van der Waals surface area contributed by atoms with Gasteiger partial charge in [0, 0.05) is 119 Å². The summed E-state index contributed by atoms with van der Waals surface area (Å²) < 4.78 is 17.6. The molecule has 20 aromatic rings. The Balaban J connectivity index is 0.845. The molecule has 4 aromatic heterocycles. The Labute approximate surface area is 639 Å². The highest BCUT2D eigenvalue weighted by atomic mass is 32.1. The first-order chi connectivity index (χ1) is 53.6. The zero-order valence-electron chi connectivity index (χ0n) is 57.8. The van der Waals surface area contributed by atoms with Gasteiger partial charge in [-0.3, -0.25) is 0 Å². The number of thiophene rings is 4. The number of benzene rings is 16. The Morgan fingerprint density at radius 2 is 0.583 bits per heavy atom. The molecule has 0 radical (unpaired) electrons. The lowest BCUT2D eigenvalue weighted by molar-refractivity contribution is 0.487. The number of para-hydroxylation sites is 5. The number of rotatable bonds is 9. The van der Waals surface area contributed by atoms with Crippen LogP contribution in [0.1, 0.15) is 0 Å². The number of hydrogen-bond donors (Lipinski definition) is 0. The number of hydrogen-bond acceptors (Lipinski definition) is 10. The Bertz CT molecular complexity index is 7160. The summed E-state index contributed by atoms with van der Waals surface area (Å²) in [5.41, 5.74) is 23.7. The molecule has 8 heterocycles. The maximum Gasteiger partial charge on any atom is 0.256 e. The van der Waals surface area contributed by atoms with Gasteiger partial charge in [-0.1, -0.05) is 218 Å². The summed E-state index contributed by atoms with van der Waals surface area (Å²) in [6.45, 7) is -0.496. The summed E-state index contributed by atoms with van der Waals surface area (Å²) in [5, 5.41) is 9.98. The molecular formula is C96H57B2N5OS4. The minimum absolute atomic E-state index is 0.244. The first-order valence-corrected chi connectivity index (χ1v) is 40.0. The molecule has 0 atom stereocenters. The van der Waals surface area contributed by atoms with E-state index in [4.69, 9.17) is 4.74 Å². The molecule has 0 aliphatic carbocycles. The lowest BCUT2D eigenvalue weighted by atomic mass is 9.30. The zero-order chi connectivity index (χ0) is 70.4. The van der Waals surface area contributed by atoms with Crippen molar-refractivity contribution >= 4 is 258 Å². The van der Waals surface area contributed by atoms with Crippen molar-refractivity contribution in [2.75, 3.05) is 24.5 Å². The topological polar surface area (TPSA) is 25.4 Å². The van der Waals surface area contributed by atoms with Crippen LogP contribution in [-0.4, -0.2) is 13.4 Å². The number of ether oxygens (including phenoxy) is 1. The van der Waals surface area contributed by atoms with Gasteiger partial charge in [0.05, 0.1) is 52.9 Å². The molecular weight excluding hydrogens is 1390 g/mol. The lowest BCUT2D eigenvalue weighted by Gasteiger charge is -2.47. The predicted molar refractivity (Wildman–Crippen MR) is 467 cm³/mol. The number of nitrogens with zero attached hydrogens (tertiary/aromatic N) is 5. The highest BCUT2D eigenvalue weighted by molar-refractivity contribution is 7.28. The largest absolute Gasteiger partial charge is 0.458 e. The van der Waals surface area contributed by atoms with E-state index in [1.54, 1.807) is 0 Å². The van der Waals surface area contributed by atoms with E-state index in [0.29, 0.717) is 0 Å². The molecule has 6 nitrogen and oxygen atoms in total. The first-order valence-electron chi connectivity index (χ1n) is 36.8. The second-order valence-electron chi connectivity index (χ2n) is 28.5. The van der Waals surface area contributed by atoms with Crippen molar-refractivity contribution in [3.8, 4) is 11.5 Å². The van der Waals surface area contributed by atoms with Gasteiger partial charge in [-0.25, -0.2) is 0 Å². The summed E-state index contributed by atoms with van der Waals surface area (Å²) in [5.74, 6) is 1.69. The number of anilines is 15. The zero-order valence-corrected chi connectivity index (χ0v) is 61.1. The van der Waals surface area contributed by atoms with Crippen molar-refractivity contribution in [1.29, 1.82) is 0 Å². The summed E-state index contributed by atoms with van der Waals surface area (Å²) in [6.07, 6.45) is 0. The highest BCUT2D eigenvalue weighted by Gasteiger charge is 2.49. The maximum absolute atomic E-state index is 7.60. The molecule has 0 bridgehead atoms. The third-order valence-corrected chi connectivity index (χ3v) is 27.6. The fourth-order valence-corrected chi connectivity index (χ4v) is 23.2. The third kappa shape index (κ3) is 8.76. The van der Waals surface area contributed by atoms with Gasteiger partial charge < -0.3 is 29.2 Å². The van der Waals surface area contributed by atoms with E-state index in [2.05, 4.69) is 370 Å². The van der Waals surface area contributed by atoms with Gasteiger partial charge >= 0.3 is 0 Å². The smallest absolute Gasteiger partial charge is 0.256 e. The Morgan fingerprint density at radius 1 is 0.222 bits per heavy atom. The van der Waals surface area contributed by atoms with Crippen LogP contribution in [0, 0.1) is 0 Å². The molecule has 0 saturated carbocycles. The number of fused-ring (bicyclic) bond motifs is 20. The minimum atomic E-state index is -0.253. The van der Waals surface area contributed by atoms with Crippen LogP contribution in [0.2, 0.25) is 0 Å². The van der Waals surface area contributed by atoms with E-state index in [9.17, 15) is 0 Å². The molecule has 4 aliphatic heterocycles. The average molecular weight is 1450 g/mol. The molecule has 12 heteroatoms. The van der Waals surface area contributed by atoms with Crippen LogP contribution >= 0.6 is 45.3 Å². The summed E-state index contributed by atoms with van der Waals surface area (Å²) >= 11 is 7.51. The molecule has 108 heavy (non-hydrogen) atoms. The minimum Gasteiger partial charge on any atom is -0.458 e. The van der Waals surface area contributed by atoms with Gasteiger partial charge in [0.2, 0.25) is 0 Å². The average Bonchev–Trinajstić information content (AvgIpc) is 0.747. The van der Waals surface area contributed by atoms with E-state index in [1.807, 2.05) is 45.3 Å². The van der Waals surface area contributed by atoms with Crippen molar-refractivity contribution in [1.82, 2.24) is 0 Å². The van der Waals surface area contributed by atoms with Crippen LogP contribution in [-0.2, 0) is 0 Å². The molecule has 0 saturated heterocycles. The Hall–Kier alpha value is -12.7. The van der Waals surface area contributed by atoms with Crippen LogP contribution in [0.4, 0.5) is 85.3 Å². The van der Waals surface area contributed by atoms with E-state index in [0.717, 1.165) is 108 Å². The van der Waals surface area contributed by atoms with Crippen LogP contribution in [0.15, 0.2) is 346 Å². The SMILES string of the molecule is c1ccc(N(c2ccccc2)c2cc3c4c(c2)N(c2cccc5c2sc2ccccc25)c2cc5c(cc2B4c2ccccc2N3c2cccc3c2sc2ccccc23)B2c3ccccc3Oc3cc(N(c4ccccc4)c4cccc6c4sc4ccccc46)cc(c32)N5c2cccc3c2sc2ccccc23)cc1. The standard InChI is InChI=1S/C96H57B2N5OS4/c1-4-26-58(27-5-1)99(59-28-6-2-7-29-59)61-52-82-91-83(53-61)102(78-45-24-38-69-65-34-12-20-50-89(65)107-95(69)78)80-57-81-74(56-73(80)97(91)71-40-14-16-42-75(71)101(82)77-44-23-37-68-64-33-11-19-49-88(64)106-94(68)77)98-72-41-15-17-47-85(72)104-86-55-62(54-84(92(86)98)103(81)79-46-25-39-70-66-35-13-21-51-90(66)108-96(70)79)100(60-30-8-3-9-31-60)76-43-22-36-67-63-32-10-18-48-87(63)105-93(67)76/h1-57H. The molecule has 0 fully saturated rings. The highest BCUT2D eigenvalue weighted by Crippen LogP contribution is 2.57. The monoisotopic (exact) mass is 1450 g/mol. The molecule has 16 aromatic carbocycles. The molecule has 0 unspecified atom stereocenters. The summed E-state index contributed by atoms with van der Waals surface area (Å²) in [4.78, 5) is 12.9. The Morgan fingerprint density at radius 3 is 1.09 bits per heavy atom. The van der Waals surface area contributed by atoms with E-state index < -0.39 is 0 Å². The van der Waals surface area contributed by atoms with Crippen LogP contribution < -0.4 is 62.0 Å². The fourth-order valence-electron chi connectivity index (χ4n) is 18.4. The van der Waals surface area contributed by atoms with Crippen molar-refractivity contribution in [2.24, 2.45) is 0 Å². The molecule has 24 rings (SSSR count). The van der Waals surface area contributed by atoms with Crippen molar-refractivity contribution in [2.45, 2.75) is 0 Å². The fraction of sp³-hybridized carbons (Fsp3) is 0. The van der Waals surface area contributed by atoms with Crippen molar-refractivity contribution < 1.29 is 4.74 Å². The second kappa shape index (κ2) is 23.4. The first kappa shape index (κ1) is 60.6. The third-order valence-electron chi connectivity index (χ3n) is 22.8. The Kier molecular flexibility index (Phi) is 13.1. The predicted octanol–water partition coefficient (Wildman–Crippen LogP) is 24.6. The van der Waals surface area contributed by atoms with E-state index in [1.165, 1.54) is 103 Å². The van der Waals surface area contributed by atoms with Crippen LogP contribution in [0.25, 0.3) is 80.7 Å². The van der Waals surface area contributed by atoms with Crippen molar-refractivity contribution in [3.63, 3.8) is 0 Å².